The van der Waals surface area contributed by atoms with Crippen LogP contribution < -0.4 is 11.1 Å². The first-order valence-corrected chi connectivity index (χ1v) is 6.21. The fraction of sp³-hybridized carbons (Fsp3) is 0.917. The molecular formula is C12H24N2O. The fourth-order valence-electron chi connectivity index (χ4n) is 2.18. The van der Waals surface area contributed by atoms with Crippen molar-refractivity contribution in [3.8, 4) is 0 Å². The minimum atomic E-state index is -0.333. The smallest absolute Gasteiger partial charge is 0.237 e. The largest absolute Gasteiger partial charge is 0.352 e. The van der Waals surface area contributed by atoms with Gasteiger partial charge in [0.15, 0.2) is 0 Å². The molecule has 1 aliphatic rings. The summed E-state index contributed by atoms with van der Waals surface area (Å²) in [6.07, 6.45) is 6.89. The molecule has 3 nitrogen and oxygen atoms in total. The van der Waals surface area contributed by atoms with Crippen LogP contribution in [0.2, 0.25) is 0 Å². The average molecular weight is 212 g/mol. The molecule has 15 heavy (non-hydrogen) atoms. The van der Waals surface area contributed by atoms with Crippen LogP contribution in [0.3, 0.4) is 0 Å². The Morgan fingerprint density at radius 2 is 2.07 bits per heavy atom. The van der Waals surface area contributed by atoms with E-state index in [4.69, 9.17) is 5.73 Å². The van der Waals surface area contributed by atoms with Crippen molar-refractivity contribution in [3.63, 3.8) is 0 Å². The molecule has 1 fully saturated rings. The second kappa shape index (κ2) is 6.11. The number of amides is 1. The highest BCUT2D eigenvalue weighted by Crippen LogP contribution is 2.22. The number of nitrogens with two attached hydrogens (primary N) is 1. The molecule has 1 rings (SSSR count). The first-order valence-electron chi connectivity index (χ1n) is 6.21. The van der Waals surface area contributed by atoms with E-state index in [-0.39, 0.29) is 11.9 Å². The molecular weight excluding hydrogens is 188 g/mol. The molecule has 0 saturated heterocycles. The summed E-state index contributed by atoms with van der Waals surface area (Å²) in [5.74, 6) is 0.622. The number of carbonyl (C=O) groups excluding carboxylic acids is 1. The molecule has 0 heterocycles. The molecule has 3 unspecified atom stereocenters. The molecule has 0 spiro atoms. The zero-order chi connectivity index (χ0) is 11.3. The van der Waals surface area contributed by atoms with Crippen molar-refractivity contribution in [3.05, 3.63) is 0 Å². The molecule has 0 bridgehead atoms. The van der Waals surface area contributed by atoms with Gasteiger partial charge < -0.3 is 11.1 Å². The Morgan fingerprint density at radius 1 is 1.40 bits per heavy atom. The zero-order valence-corrected chi connectivity index (χ0v) is 9.96. The van der Waals surface area contributed by atoms with Gasteiger partial charge in [-0.3, -0.25) is 4.79 Å². The van der Waals surface area contributed by atoms with Crippen LogP contribution in [-0.2, 0) is 4.79 Å². The highest BCUT2D eigenvalue weighted by molar-refractivity contribution is 5.81. The van der Waals surface area contributed by atoms with Crippen LogP contribution in [0.15, 0.2) is 0 Å². The Balaban J connectivity index is 2.44. The summed E-state index contributed by atoms with van der Waals surface area (Å²) in [5.41, 5.74) is 5.71. The number of hydrogen-bond acceptors (Lipinski definition) is 2. The van der Waals surface area contributed by atoms with Crippen molar-refractivity contribution < 1.29 is 4.79 Å². The van der Waals surface area contributed by atoms with Gasteiger partial charge in [-0.2, -0.15) is 0 Å². The molecule has 3 atom stereocenters. The fourth-order valence-corrected chi connectivity index (χ4v) is 2.18. The van der Waals surface area contributed by atoms with Crippen LogP contribution >= 0.6 is 0 Å². The van der Waals surface area contributed by atoms with Crippen LogP contribution in [-0.4, -0.2) is 18.0 Å². The van der Waals surface area contributed by atoms with Crippen molar-refractivity contribution in [2.75, 3.05) is 0 Å². The van der Waals surface area contributed by atoms with Crippen molar-refractivity contribution in [1.82, 2.24) is 5.32 Å². The minimum Gasteiger partial charge on any atom is -0.352 e. The maximum absolute atomic E-state index is 11.7. The van der Waals surface area contributed by atoms with E-state index in [0.29, 0.717) is 18.4 Å². The molecule has 0 aliphatic heterocycles. The van der Waals surface area contributed by atoms with Gasteiger partial charge in [0.2, 0.25) is 5.91 Å². The summed E-state index contributed by atoms with van der Waals surface area (Å²) in [4.78, 5) is 11.7. The van der Waals surface area contributed by atoms with Gasteiger partial charge in [0, 0.05) is 6.04 Å². The van der Waals surface area contributed by atoms with Gasteiger partial charge in [0.1, 0.15) is 0 Å². The molecule has 0 radical (unpaired) electrons. The number of carbonyl (C=O) groups is 1. The van der Waals surface area contributed by atoms with E-state index in [1.165, 1.54) is 25.7 Å². The molecule has 0 aromatic heterocycles. The third kappa shape index (κ3) is 3.82. The standard InChI is InChI=1S/C12H24N2O/c1-3-10(13)12(15)14-11-8-6-4-5-7-9(11)2/h9-11H,3-8,13H2,1-2H3,(H,14,15). The van der Waals surface area contributed by atoms with E-state index in [9.17, 15) is 4.79 Å². The lowest BCUT2D eigenvalue weighted by atomic mass is 9.96. The summed E-state index contributed by atoms with van der Waals surface area (Å²) >= 11 is 0. The lowest BCUT2D eigenvalue weighted by molar-refractivity contribution is -0.123. The first kappa shape index (κ1) is 12.5. The van der Waals surface area contributed by atoms with E-state index >= 15 is 0 Å². The van der Waals surface area contributed by atoms with Gasteiger partial charge >= 0.3 is 0 Å². The molecule has 1 aliphatic carbocycles. The summed E-state index contributed by atoms with van der Waals surface area (Å²) < 4.78 is 0. The maximum atomic E-state index is 11.7. The Hall–Kier alpha value is -0.570. The summed E-state index contributed by atoms with van der Waals surface area (Å²) in [7, 11) is 0. The summed E-state index contributed by atoms with van der Waals surface area (Å²) in [6, 6.07) is 0.0121. The van der Waals surface area contributed by atoms with Crippen LogP contribution in [0.5, 0.6) is 0 Å². The number of nitrogens with one attached hydrogen (secondary N) is 1. The lowest BCUT2D eigenvalue weighted by Crippen LogP contribution is -2.47. The van der Waals surface area contributed by atoms with Crippen molar-refractivity contribution >= 4 is 5.91 Å². The zero-order valence-electron chi connectivity index (χ0n) is 9.96. The molecule has 0 aromatic carbocycles. The van der Waals surface area contributed by atoms with Gasteiger partial charge in [0.05, 0.1) is 6.04 Å². The van der Waals surface area contributed by atoms with Gasteiger partial charge in [-0.15, -0.1) is 0 Å². The summed E-state index contributed by atoms with van der Waals surface area (Å²) in [5, 5.41) is 3.10. The minimum absolute atomic E-state index is 0.0243. The second-order valence-corrected chi connectivity index (χ2v) is 4.75. The Morgan fingerprint density at radius 3 is 2.73 bits per heavy atom. The second-order valence-electron chi connectivity index (χ2n) is 4.75. The van der Waals surface area contributed by atoms with E-state index in [1.807, 2.05) is 6.92 Å². The van der Waals surface area contributed by atoms with Crippen molar-refractivity contribution in [2.45, 2.75) is 64.5 Å². The van der Waals surface area contributed by atoms with Gasteiger partial charge in [-0.1, -0.05) is 33.1 Å². The molecule has 1 saturated carbocycles. The van der Waals surface area contributed by atoms with Crippen LogP contribution in [0.4, 0.5) is 0 Å². The molecule has 1 amide bonds. The monoisotopic (exact) mass is 212 g/mol. The van der Waals surface area contributed by atoms with Gasteiger partial charge in [0.25, 0.3) is 0 Å². The van der Waals surface area contributed by atoms with Crippen molar-refractivity contribution in [1.29, 1.82) is 0 Å². The van der Waals surface area contributed by atoms with Gasteiger partial charge in [-0.25, -0.2) is 0 Å². The quantitative estimate of drug-likeness (QED) is 0.701. The van der Waals surface area contributed by atoms with Crippen LogP contribution in [0, 0.1) is 5.92 Å². The Labute approximate surface area is 92.8 Å². The first-order chi connectivity index (χ1) is 7.15. The highest BCUT2D eigenvalue weighted by atomic mass is 16.2. The highest BCUT2D eigenvalue weighted by Gasteiger charge is 2.23. The van der Waals surface area contributed by atoms with E-state index in [0.717, 1.165) is 6.42 Å². The molecule has 0 aromatic rings. The van der Waals surface area contributed by atoms with Gasteiger partial charge in [-0.05, 0) is 25.2 Å². The normalized spacial score (nSPS) is 29.3. The summed E-state index contributed by atoms with van der Waals surface area (Å²) in [6.45, 7) is 4.18. The molecule has 3 N–H and O–H groups in total. The van der Waals surface area contributed by atoms with Crippen molar-refractivity contribution in [2.24, 2.45) is 11.7 Å². The van der Waals surface area contributed by atoms with E-state index in [2.05, 4.69) is 12.2 Å². The van der Waals surface area contributed by atoms with Crippen LogP contribution in [0.25, 0.3) is 0 Å². The predicted octanol–water partition coefficient (Wildman–Crippen LogP) is 1.81. The third-order valence-corrected chi connectivity index (χ3v) is 3.47. The number of rotatable bonds is 3. The average Bonchev–Trinajstić information content (AvgIpc) is 2.43. The van der Waals surface area contributed by atoms with Crippen LogP contribution in [0.1, 0.15) is 52.4 Å². The molecule has 3 heteroatoms. The number of hydrogen-bond donors (Lipinski definition) is 2. The third-order valence-electron chi connectivity index (χ3n) is 3.47. The topological polar surface area (TPSA) is 55.1 Å². The maximum Gasteiger partial charge on any atom is 0.237 e. The Kier molecular flexibility index (Phi) is 5.09. The molecule has 88 valence electrons. The Bertz CT molecular complexity index is 206. The SMILES string of the molecule is CCC(N)C(=O)NC1CCCCCC1C. The lowest BCUT2D eigenvalue weighted by Gasteiger charge is -2.24. The van der Waals surface area contributed by atoms with E-state index in [1.54, 1.807) is 0 Å². The van der Waals surface area contributed by atoms with E-state index < -0.39 is 0 Å². The predicted molar refractivity (Wildman–Crippen MR) is 62.4 cm³/mol.